The topological polar surface area (TPSA) is 114 Å². The molecule has 1 aliphatic rings. The van der Waals surface area contributed by atoms with E-state index in [0.717, 1.165) is 15.6 Å². The SMILES string of the molecule is Cn1c(=O)n(Cc2ccc(Br)cc2)c(=O)c2cc(C(=O)NCC3=CN(N)NC=C3)ccc21. The van der Waals surface area contributed by atoms with Crippen molar-refractivity contribution in [2.45, 2.75) is 6.54 Å². The summed E-state index contributed by atoms with van der Waals surface area (Å²) in [5.74, 6) is 5.30. The summed E-state index contributed by atoms with van der Waals surface area (Å²) < 4.78 is 3.50. The maximum absolute atomic E-state index is 13.2. The van der Waals surface area contributed by atoms with Crippen molar-refractivity contribution in [2.24, 2.45) is 12.9 Å². The highest BCUT2D eigenvalue weighted by molar-refractivity contribution is 9.10. The van der Waals surface area contributed by atoms with E-state index in [1.165, 1.54) is 20.3 Å². The lowest BCUT2D eigenvalue weighted by molar-refractivity contribution is 0.0957. The molecule has 4 rings (SSSR count). The molecule has 0 saturated heterocycles. The minimum absolute atomic E-state index is 0.134. The zero-order chi connectivity index (χ0) is 22.8. The van der Waals surface area contributed by atoms with Gasteiger partial charge in [0.15, 0.2) is 0 Å². The molecule has 2 heterocycles. The van der Waals surface area contributed by atoms with Gasteiger partial charge < -0.3 is 5.32 Å². The fraction of sp³-hybridized carbons (Fsp3) is 0.136. The van der Waals surface area contributed by atoms with Gasteiger partial charge in [0.2, 0.25) is 0 Å². The quantitative estimate of drug-likeness (QED) is 0.459. The Kier molecular flexibility index (Phi) is 5.97. The number of hydrogen-bond acceptors (Lipinski definition) is 6. The first kappa shape index (κ1) is 21.6. The third-order valence-electron chi connectivity index (χ3n) is 5.15. The molecule has 1 aliphatic heterocycles. The van der Waals surface area contributed by atoms with Crippen molar-refractivity contribution >= 4 is 32.7 Å². The number of aryl methyl sites for hydroxylation is 1. The smallest absolute Gasteiger partial charge is 0.331 e. The number of hydrazine groups is 2. The van der Waals surface area contributed by atoms with Crippen LogP contribution in [0, 0.1) is 0 Å². The molecule has 0 unspecified atom stereocenters. The van der Waals surface area contributed by atoms with Crippen molar-refractivity contribution in [1.29, 1.82) is 0 Å². The largest absolute Gasteiger partial charge is 0.348 e. The Balaban J connectivity index is 1.66. The Morgan fingerprint density at radius 1 is 1.16 bits per heavy atom. The summed E-state index contributed by atoms with van der Waals surface area (Å²) in [6, 6.07) is 12.1. The number of hydrogen-bond donors (Lipinski definition) is 3. The number of carbonyl (C=O) groups is 1. The molecule has 164 valence electrons. The Morgan fingerprint density at radius 2 is 1.91 bits per heavy atom. The van der Waals surface area contributed by atoms with Crippen LogP contribution in [0.4, 0.5) is 0 Å². The van der Waals surface area contributed by atoms with Crippen molar-refractivity contribution in [2.75, 3.05) is 6.54 Å². The molecule has 3 aromatic rings. The number of fused-ring (bicyclic) bond motifs is 1. The normalized spacial score (nSPS) is 13.1. The van der Waals surface area contributed by atoms with Gasteiger partial charge in [-0.3, -0.25) is 24.1 Å². The van der Waals surface area contributed by atoms with Crippen LogP contribution in [-0.4, -0.2) is 26.7 Å². The Morgan fingerprint density at radius 3 is 2.62 bits per heavy atom. The van der Waals surface area contributed by atoms with Gasteiger partial charge in [-0.05, 0) is 47.5 Å². The van der Waals surface area contributed by atoms with Crippen LogP contribution in [0.2, 0.25) is 0 Å². The van der Waals surface area contributed by atoms with Crippen LogP contribution in [0.25, 0.3) is 10.9 Å². The van der Waals surface area contributed by atoms with E-state index < -0.39 is 11.2 Å². The first-order valence-corrected chi connectivity index (χ1v) is 10.6. The highest BCUT2D eigenvalue weighted by atomic mass is 79.9. The summed E-state index contributed by atoms with van der Waals surface area (Å²) in [5.41, 5.74) is 4.32. The number of amides is 1. The van der Waals surface area contributed by atoms with Gasteiger partial charge in [-0.15, -0.1) is 0 Å². The lowest BCUT2D eigenvalue weighted by Gasteiger charge is -2.19. The van der Waals surface area contributed by atoms with Crippen LogP contribution in [0.1, 0.15) is 15.9 Å². The van der Waals surface area contributed by atoms with Crippen molar-refractivity contribution in [3.63, 3.8) is 0 Å². The van der Waals surface area contributed by atoms with E-state index in [1.54, 1.807) is 37.7 Å². The van der Waals surface area contributed by atoms with Gasteiger partial charge in [-0.25, -0.2) is 15.8 Å². The van der Waals surface area contributed by atoms with Gasteiger partial charge in [-0.2, -0.15) is 0 Å². The molecule has 4 N–H and O–H groups in total. The standard InChI is InChI=1S/C22H21BrN6O3/c1-27-19-7-4-16(20(30)25-11-15-8-9-26-29(24)13-15)10-18(19)21(31)28(22(27)32)12-14-2-5-17(23)6-3-14/h2-10,13,26H,11-12,24H2,1H3,(H,25,30). The van der Waals surface area contributed by atoms with Crippen molar-refractivity contribution < 1.29 is 4.79 Å². The van der Waals surface area contributed by atoms with Crippen LogP contribution >= 0.6 is 15.9 Å². The number of rotatable bonds is 5. The second-order valence-corrected chi connectivity index (χ2v) is 8.26. The molecule has 0 aliphatic carbocycles. The van der Waals surface area contributed by atoms with Crippen molar-refractivity contribution in [3.05, 3.63) is 103 Å². The van der Waals surface area contributed by atoms with Crippen molar-refractivity contribution in [1.82, 2.24) is 25.0 Å². The molecular weight excluding hydrogens is 476 g/mol. The van der Waals surface area contributed by atoms with E-state index in [0.29, 0.717) is 16.5 Å². The Labute approximate surface area is 191 Å². The highest BCUT2D eigenvalue weighted by Gasteiger charge is 2.15. The minimum atomic E-state index is -0.441. The number of aromatic nitrogens is 2. The summed E-state index contributed by atoms with van der Waals surface area (Å²) in [7, 11) is 1.61. The molecule has 1 aromatic heterocycles. The Hall–Kier alpha value is -3.63. The molecule has 32 heavy (non-hydrogen) atoms. The zero-order valence-corrected chi connectivity index (χ0v) is 18.8. The molecular formula is C22H21BrN6O3. The number of benzene rings is 2. The molecule has 0 bridgehead atoms. The van der Waals surface area contributed by atoms with Crippen LogP contribution < -0.4 is 27.8 Å². The number of nitrogens with two attached hydrogens (primary N) is 1. The molecule has 0 saturated carbocycles. The van der Waals surface area contributed by atoms with Crippen LogP contribution in [0.5, 0.6) is 0 Å². The molecule has 9 nitrogen and oxygen atoms in total. The second kappa shape index (κ2) is 8.85. The molecule has 0 atom stereocenters. The van der Waals surface area contributed by atoms with Crippen LogP contribution in [-0.2, 0) is 13.6 Å². The number of halogens is 1. The summed E-state index contributed by atoms with van der Waals surface area (Å²) >= 11 is 3.38. The van der Waals surface area contributed by atoms with Crippen LogP contribution in [0.3, 0.4) is 0 Å². The van der Waals surface area contributed by atoms with Gasteiger partial charge in [0.1, 0.15) is 0 Å². The van der Waals surface area contributed by atoms with Gasteiger partial charge in [0, 0.05) is 36.0 Å². The molecule has 1 amide bonds. The summed E-state index contributed by atoms with van der Waals surface area (Å²) in [6.07, 6.45) is 5.10. The minimum Gasteiger partial charge on any atom is -0.348 e. The van der Waals surface area contributed by atoms with E-state index in [4.69, 9.17) is 5.84 Å². The summed E-state index contributed by atoms with van der Waals surface area (Å²) in [6.45, 7) is 0.402. The molecule has 0 fully saturated rings. The fourth-order valence-corrected chi connectivity index (χ4v) is 3.71. The second-order valence-electron chi connectivity index (χ2n) is 7.35. The number of nitrogens with one attached hydrogen (secondary N) is 2. The van der Waals surface area contributed by atoms with E-state index in [-0.39, 0.29) is 19.0 Å². The predicted molar refractivity (Wildman–Crippen MR) is 125 cm³/mol. The lowest BCUT2D eigenvalue weighted by atomic mass is 10.1. The lowest BCUT2D eigenvalue weighted by Crippen LogP contribution is -2.39. The fourth-order valence-electron chi connectivity index (χ4n) is 3.45. The average molecular weight is 497 g/mol. The van der Waals surface area contributed by atoms with E-state index in [1.807, 2.05) is 24.3 Å². The maximum atomic E-state index is 13.2. The maximum Gasteiger partial charge on any atom is 0.331 e. The summed E-state index contributed by atoms with van der Waals surface area (Å²) in [4.78, 5) is 38.6. The monoisotopic (exact) mass is 496 g/mol. The number of nitrogens with zero attached hydrogens (tertiary/aromatic N) is 3. The van der Waals surface area contributed by atoms with E-state index >= 15 is 0 Å². The van der Waals surface area contributed by atoms with Gasteiger partial charge >= 0.3 is 5.69 Å². The molecule has 2 aromatic carbocycles. The summed E-state index contributed by atoms with van der Waals surface area (Å²) in [5, 5.41) is 4.39. The molecule has 10 heteroatoms. The van der Waals surface area contributed by atoms with E-state index in [9.17, 15) is 14.4 Å². The van der Waals surface area contributed by atoms with Gasteiger partial charge in [-0.1, -0.05) is 28.1 Å². The van der Waals surface area contributed by atoms with Crippen LogP contribution in [0.15, 0.2) is 80.6 Å². The third kappa shape index (κ3) is 4.36. The highest BCUT2D eigenvalue weighted by Crippen LogP contribution is 2.13. The zero-order valence-electron chi connectivity index (χ0n) is 17.2. The van der Waals surface area contributed by atoms with Gasteiger partial charge in [0.05, 0.1) is 17.4 Å². The van der Waals surface area contributed by atoms with E-state index in [2.05, 4.69) is 26.7 Å². The molecule has 0 spiro atoms. The average Bonchev–Trinajstić information content (AvgIpc) is 2.79. The Bertz CT molecular complexity index is 1370. The third-order valence-corrected chi connectivity index (χ3v) is 5.68. The predicted octanol–water partition coefficient (Wildman–Crippen LogP) is 1.33. The number of carbonyl (C=O) groups excluding carboxylic acids is 1. The first-order valence-electron chi connectivity index (χ1n) is 9.77. The van der Waals surface area contributed by atoms with Gasteiger partial charge in [0.25, 0.3) is 11.5 Å². The first-order chi connectivity index (χ1) is 15.3. The molecule has 0 radical (unpaired) electrons. The van der Waals surface area contributed by atoms with Crippen molar-refractivity contribution in [3.8, 4) is 0 Å².